The maximum absolute atomic E-state index is 12.1. The zero-order valence-electron chi connectivity index (χ0n) is 13.2. The molecular formula is C15H25N3O2S. The molecule has 1 aromatic rings. The summed E-state index contributed by atoms with van der Waals surface area (Å²) in [4.78, 5) is 14.2. The average Bonchev–Trinajstić information content (AvgIpc) is 2.46. The molecule has 0 saturated carbocycles. The molecule has 0 saturated heterocycles. The van der Waals surface area contributed by atoms with Gasteiger partial charge < -0.3 is 15.8 Å². The number of nitrogens with zero attached hydrogens (tertiary/aromatic N) is 1. The molecule has 0 aliphatic rings. The van der Waals surface area contributed by atoms with Gasteiger partial charge in [-0.2, -0.15) is 11.8 Å². The van der Waals surface area contributed by atoms with Gasteiger partial charge in [0.05, 0.1) is 19.3 Å². The summed E-state index contributed by atoms with van der Waals surface area (Å²) >= 11 is 1.82. The molecule has 5 nitrogen and oxygen atoms in total. The Morgan fingerprint density at radius 1 is 1.52 bits per heavy atom. The third kappa shape index (κ3) is 5.85. The standard InChI is InChI=1S/C15H25N3O2S/c1-11(7-8-21-4)18(2)10-15(19)17-13-6-5-12(16)9-14(13)20-3/h5-6,9,11H,7-8,10,16H2,1-4H3,(H,17,19). The molecule has 0 aliphatic heterocycles. The first-order valence-corrected chi connectivity index (χ1v) is 8.29. The fraction of sp³-hybridized carbons (Fsp3) is 0.533. The van der Waals surface area contributed by atoms with Crippen molar-refractivity contribution >= 4 is 29.0 Å². The van der Waals surface area contributed by atoms with Crippen LogP contribution in [0.4, 0.5) is 11.4 Å². The van der Waals surface area contributed by atoms with Crippen molar-refractivity contribution < 1.29 is 9.53 Å². The van der Waals surface area contributed by atoms with Crippen LogP contribution in [0, 0.1) is 0 Å². The van der Waals surface area contributed by atoms with Gasteiger partial charge in [0.15, 0.2) is 0 Å². The average molecular weight is 311 g/mol. The van der Waals surface area contributed by atoms with Crippen molar-refractivity contribution in [2.75, 3.05) is 43.8 Å². The first-order chi connectivity index (χ1) is 9.97. The second kappa shape index (κ2) is 8.79. The lowest BCUT2D eigenvalue weighted by Crippen LogP contribution is -2.36. The lowest BCUT2D eigenvalue weighted by atomic mass is 10.2. The van der Waals surface area contributed by atoms with Crippen molar-refractivity contribution in [3.05, 3.63) is 18.2 Å². The number of rotatable bonds is 8. The smallest absolute Gasteiger partial charge is 0.238 e. The maximum Gasteiger partial charge on any atom is 0.238 e. The number of amides is 1. The second-order valence-corrected chi connectivity index (χ2v) is 6.04. The number of nitrogens with two attached hydrogens (primary N) is 1. The molecule has 118 valence electrons. The number of hydrogen-bond acceptors (Lipinski definition) is 5. The molecule has 6 heteroatoms. The van der Waals surface area contributed by atoms with E-state index in [0.29, 0.717) is 29.7 Å². The summed E-state index contributed by atoms with van der Waals surface area (Å²) in [6.07, 6.45) is 3.16. The summed E-state index contributed by atoms with van der Waals surface area (Å²) in [6.45, 7) is 2.48. The molecule has 1 amide bonds. The van der Waals surface area contributed by atoms with Crippen molar-refractivity contribution in [3.63, 3.8) is 0 Å². The summed E-state index contributed by atoms with van der Waals surface area (Å²) in [7, 11) is 3.52. The van der Waals surface area contributed by atoms with Crippen molar-refractivity contribution in [2.24, 2.45) is 0 Å². The van der Waals surface area contributed by atoms with E-state index < -0.39 is 0 Å². The lowest BCUT2D eigenvalue weighted by molar-refractivity contribution is -0.117. The Morgan fingerprint density at radius 2 is 2.24 bits per heavy atom. The SMILES string of the molecule is COc1cc(N)ccc1NC(=O)CN(C)C(C)CCSC. The molecule has 0 fully saturated rings. The lowest BCUT2D eigenvalue weighted by Gasteiger charge is -2.24. The molecule has 1 unspecified atom stereocenters. The monoisotopic (exact) mass is 311 g/mol. The summed E-state index contributed by atoms with van der Waals surface area (Å²) in [5.74, 6) is 1.61. The largest absolute Gasteiger partial charge is 0.494 e. The number of likely N-dealkylation sites (N-methyl/N-ethyl adjacent to an activating group) is 1. The third-order valence-electron chi connectivity index (χ3n) is 3.38. The molecule has 21 heavy (non-hydrogen) atoms. The highest BCUT2D eigenvalue weighted by Crippen LogP contribution is 2.26. The van der Waals surface area contributed by atoms with Crippen molar-refractivity contribution in [1.29, 1.82) is 0 Å². The predicted molar refractivity (Wildman–Crippen MR) is 91.1 cm³/mol. The van der Waals surface area contributed by atoms with E-state index in [4.69, 9.17) is 10.5 Å². The Hall–Kier alpha value is -1.40. The van der Waals surface area contributed by atoms with Gasteiger partial charge in [-0.05, 0) is 44.5 Å². The van der Waals surface area contributed by atoms with Crippen LogP contribution >= 0.6 is 11.8 Å². The van der Waals surface area contributed by atoms with E-state index in [-0.39, 0.29) is 5.91 Å². The first kappa shape index (κ1) is 17.7. The predicted octanol–water partition coefficient (Wildman–Crippen LogP) is 2.29. The van der Waals surface area contributed by atoms with Crippen LogP contribution in [-0.4, -0.2) is 49.6 Å². The molecule has 0 aliphatic carbocycles. The minimum atomic E-state index is -0.0587. The Balaban J connectivity index is 2.57. The Morgan fingerprint density at radius 3 is 2.86 bits per heavy atom. The van der Waals surface area contributed by atoms with Crippen LogP contribution in [0.2, 0.25) is 0 Å². The van der Waals surface area contributed by atoms with Crippen LogP contribution in [0.1, 0.15) is 13.3 Å². The molecule has 3 N–H and O–H groups in total. The van der Waals surface area contributed by atoms with E-state index in [9.17, 15) is 4.79 Å². The first-order valence-electron chi connectivity index (χ1n) is 6.90. The molecule has 1 aromatic carbocycles. The van der Waals surface area contributed by atoms with Crippen LogP contribution in [0.15, 0.2) is 18.2 Å². The van der Waals surface area contributed by atoms with E-state index in [0.717, 1.165) is 12.2 Å². The number of carbonyl (C=O) groups excluding carboxylic acids is 1. The van der Waals surface area contributed by atoms with Gasteiger partial charge in [-0.25, -0.2) is 0 Å². The van der Waals surface area contributed by atoms with E-state index in [1.165, 1.54) is 0 Å². The van der Waals surface area contributed by atoms with Gasteiger partial charge in [0.1, 0.15) is 5.75 Å². The number of methoxy groups -OCH3 is 1. The van der Waals surface area contributed by atoms with Gasteiger partial charge in [0.25, 0.3) is 0 Å². The van der Waals surface area contributed by atoms with Crippen molar-refractivity contribution in [3.8, 4) is 5.75 Å². The zero-order valence-corrected chi connectivity index (χ0v) is 14.0. The number of nitrogen functional groups attached to an aromatic ring is 1. The zero-order chi connectivity index (χ0) is 15.8. The fourth-order valence-electron chi connectivity index (χ4n) is 1.89. The van der Waals surface area contributed by atoms with Crippen LogP contribution in [0.5, 0.6) is 5.75 Å². The molecular weight excluding hydrogens is 286 g/mol. The number of thioether (sulfide) groups is 1. The van der Waals surface area contributed by atoms with Gasteiger partial charge >= 0.3 is 0 Å². The van der Waals surface area contributed by atoms with Crippen LogP contribution in [0.3, 0.4) is 0 Å². The highest BCUT2D eigenvalue weighted by Gasteiger charge is 2.14. The van der Waals surface area contributed by atoms with Crippen LogP contribution in [-0.2, 0) is 4.79 Å². The normalized spacial score (nSPS) is 12.2. The number of hydrogen-bond donors (Lipinski definition) is 2. The van der Waals surface area contributed by atoms with Crippen molar-refractivity contribution in [2.45, 2.75) is 19.4 Å². The van der Waals surface area contributed by atoms with Crippen LogP contribution in [0.25, 0.3) is 0 Å². The number of anilines is 2. The minimum Gasteiger partial charge on any atom is -0.494 e. The molecule has 0 spiro atoms. The Kier molecular flexibility index (Phi) is 7.39. The van der Waals surface area contributed by atoms with Gasteiger partial charge in [-0.1, -0.05) is 0 Å². The second-order valence-electron chi connectivity index (χ2n) is 5.05. The van der Waals surface area contributed by atoms with E-state index in [1.807, 2.05) is 18.8 Å². The number of benzene rings is 1. The van der Waals surface area contributed by atoms with E-state index in [2.05, 4.69) is 23.4 Å². The highest BCUT2D eigenvalue weighted by molar-refractivity contribution is 7.98. The molecule has 1 atom stereocenters. The Bertz CT molecular complexity index is 468. The maximum atomic E-state index is 12.1. The Labute approximate surface area is 131 Å². The van der Waals surface area contributed by atoms with Crippen LogP contribution < -0.4 is 15.8 Å². The van der Waals surface area contributed by atoms with E-state index >= 15 is 0 Å². The summed E-state index contributed by atoms with van der Waals surface area (Å²) < 4.78 is 5.22. The molecule has 0 radical (unpaired) electrons. The summed E-state index contributed by atoms with van der Waals surface area (Å²) in [5.41, 5.74) is 6.94. The molecule has 1 rings (SSSR count). The minimum absolute atomic E-state index is 0.0587. The molecule has 0 heterocycles. The van der Waals surface area contributed by atoms with Gasteiger partial charge in [0, 0.05) is 17.8 Å². The number of ether oxygens (including phenoxy) is 1. The van der Waals surface area contributed by atoms with Crippen molar-refractivity contribution in [1.82, 2.24) is 4.90 Å². The van der Waals surface area contributed by atoms with Gasteiger partial charge in [0.2, 0.25) is 5.91 Å². The number of carbonyl (C=O) groups is 1. The fourth-order valence-corrected chi connectivity index (χ4v) is 2.47. The molecule has 0 aromatic heterocycles. The van der Waals surface area contributed by atoms with E-state index in [1.54, 1.807) is 25.3 Å². The topological polar surface area (TPSA) is 67.6 Å². The highest BCUT2D eigenvalue weighted by atomic mass is 32.2. The van der Waals surface area contributed by atoms with Gasteiger partial charge in [-0.3, -0.25) is 9.69 Å². The van der Waals surface area contributed by atoms with Gasteiger partial charge in [-0.15, -0.1) is 0 Å². The molecule has 0 bridgehead atoms. The third-order valence-corrected chi connectivity index (χ3v) is 4.03. The summed E-state index contributed by atoms with van der Waals surface area (Å²) in [6, 6.07) is 5.56. The number of nitrogens with one attached hydrogen (secondary N) is 1. The quantitative estimate of drug-likeness (QED) is 0.721. The summed E-state index contributed by atoms with van der Waals surface area (Å²) in [5, 5.41) is 2.86.